The molecule has 2 rings (SSSR count). The minimum Gasteiger partial charge on any atom is -0.489 e. The second-order valence-corrected chi connectivity index (χ2v) is 6.74. The van der Waals surface area contributed by atoms with E-state index in [2.05, 4.69) is 43.4 Å². The summed E-state index contributed by atoms with van der Waals surface area (Å²) in [7, 11) is 4.18. The number of nitrogens with one attached hydrogen (secondary N) is 1. The van der Waals surface area contributed by atoms with Crippen molar-refractivity contribution in [1.82, 2.24) is 10.2 Å². The van der Waals surface area contributed by atoms with E-state index in [-0.39, 0.29) is 0 Å². The summed E-state index contributed by atoms with van der Waals surface area (Å²) in [5, 5.41) is 4.21. The molecule has 2 aromatic rings. The molecule has 2 aromatic carbocycles. The van der Waals surface area contributed by atoms with Gasteiger partial charge in [0.25, 0.3) is 0 Å². The molecule has 0 heterocycles. The van der Waals surface area contributed by atoms with Crippen LogP contribution in [0, 0.1) is 6.92 Å². The van der Waals surface area contributed by atoms with Gasteiger partial charge >= 0.3 is 0 Å². The van der Waals surface area contributed by atoms with Crippen LogP contribution >= 0.6 is 11.6 Å². The molecule has 0 aliphatic carbocycles. The summed E-state index contributed by atoms with van der Waals surface area (Å²) in [6.45, 7) is 5.49. The Bertz CT molecular complexity index is 643. The minimum absolute atomic E-state index is 0.571. The van der Waals surface area contributed by atoms with Gasteiger partial charge in [-0.1, -0.05) is 35.9 Å². The van der Waals surface area contributed by atoms with E-state index < -0.39 is 0 Å². The summed E-state index contributed by atoms with van der Waals surface area (Å²) in [5.41, 5.74) is 3.55. The Balaban J connectivity index is 1.93. The van der Waals surface area contributed by atoms with Crippen molar-refractivity contribution in [2.24, 2.45) is 0 Å². The molecule has 0 saturated heterocycles. The maximum atomic E-state index is 6.15. The summed E-state index contributed by atoms with van der Waals surface area (Å²) in [4.78, 5) is 2.19. The van der Waals surface area contributed by atoms with Gasteiger partial charge in [0.2, 0.25) is 0 Å². The Kier molecular flexibility index (Phi) is 7.57. The molecule has 0 bridgehead atoms. The zero-order valence-corrected chi connectivity index (χ0v) is 15.6. The predicted molar refractivity (Wildman–Crippen MR) is 102 cm³/mol. The average Bonchev–Trinajstić information content (AvgIpc) is 2.55. The Labute approximate surface area is 150 Å². The highest BCUT2D eigenvalue weighted by molar-refractivity contribution is 6.30. The summed E-state index contributed by atoms with van der Waals surface area (Å²) >= 11 is 6.15. The molecule has 3 nitrogen and oxygen atoms in total. The highest BCUT2D eigenvalue weighted by atomic mass is 35.5. The molecule has 24 heavy (non-hydrogen) atoms. The molecule has 0 spiro atoms. The lowest BCUT2D eigenvalue weighted by Gasteiger charge is -2.14. The molecule has 0 amide bonds. The lowest BCUT2D eigenvalue weighted by Crippen LogP contribution is -2.21. The van der Waals surface area contributed by atoms with E-state index in [1.165, 1.54) is 11.1 Å². The van der Waals surface area contributed by atoms with Gasteiger partial charge in [-0.05, 0) is 69.9 Å². The Morgan fingerprint density at radius 2 is 1.88 bits per heavy atom. The van der Waals surface area contributed by atoms with Gasteiger partial charge in [-0.3, -0.25) is 0 Å². The monoisotopic (exact) mass is 346 g/mol. The van der Waals surface area contributed by atoms with Crippen LogP contribution in [0.3, 0.4) is 0 Å². The second kappa shape index (κ2) is 9.67. The van der Waals surface area contributed by atoms with Crippen LogP contribution in [-0.4, -0.2) is 32.1 Å². The average molecular weight is 347 g/mol. The van der Waals surface area contributed by atoms with Crippen molar-refractivity contribution in [1.29, 1.82) is 0 Å². The topological polar surface area (TPSA) is 24.5 Å². The molecule has 0 aromatic heterocycles. The van der Waals surface area contributed by atoms with Gasteiger partial charge in [0.1, 0.15) is 12.4 Å². The van der Waals surface area contributed by atoms with E-state index in [0.717, 1.165) is 42.4 Å². The highest BCUT2D eigenvalue weighted by Gasteiger charge is 2.06. The molecule has 0 saturated carbocycles. The number of hydrogen-bond donors (Lipinski definition) is 1. The first-order valence-electron chi connectivity index (χ1n) is 8.37. The van der Waals surface area contributed by atoms with Gasteiger partial charge in [-0.2, -0.15) is 0 Å². The van der Waals surface area contributed by atoms with Crippen molar-refractivity contribution >= 4 is 11.6 Å². The quantitative estimate of drug-likeness (QED) is 0.686. The number of aryl methyl sites for hydroxylation is 1. The fourth-order valence-corrected chi connectivity index (χ4v) is 2.69. The molecule has 0 atom stereocenters. The van der Waals surface area contributed by atoms with Crippen LogP contribution in [0.4, 0.5) is 0 Å². The van der Waals surface area contributed by atoms with Crippen LogP contribution in [-0.2, 0) is 13.2 Å². The third-order valence-electron chi connectivity index (χ3n) is 3.94. The van der Waals surface area contributed by atoms with Crippen LogP contribution in [0.5, 0.6) is 5.75 Å². The zero-order valence-electron chi connectivity index (χ0n) is 14.8. The Morgan fingerprint density at radius 1 is 1.08 bits per heavy atom. The molecular weight excluding hydrogens is 320 g/mol. The predicted octanol–water partition coefficient (Wildman–Crippen LogP) is 4.27. The summed E-state index contributed by atoms with van der Waals surface area (Å²) in [6, 6.07) is 14.1. The van der Waals surface area contributed by atoms with Crippen molar-refractivity contribution in [3.8, 4) is 5.75 Å². The van der Waals surface area contributed by atoms with Crippen molar-refractivity contribution in [3.05, 3.63) is 64.2 Å². The first kappa shape index (κ1) is 18.8. The standard InChI is InChI=1S/C20H27ClN2O/c1-16-7-4-5-8-17(16)15-24-20-10-9-19(21)13-18(20)14-22-11-6-12-23(2)3/h4-5,7-10,13,22H,6,11-12,14-15H2,1-3H3. The third kappa shape index (κ3) is 6.16. The van der Waals surface area contributed by atoms with Gasteiger partial charge in [0.15, 0.2) is 0 Å². The second-order valence-electron chi connectivity index (χ2n) is 6.30. The number of halogens is 1. The molecule has 0 unspecified atom stereocenters. The Morgan fingerprint density at radius 3 is 2.62 bits per heavy atom. The molecule has 130 valence electrons. The van der Waals surface area contributed by atoms with Crippen LogP contribution in [0.1, 0.15) is 23.1 Å². The minimum atomic E-state index is 0.571. The molecule has 0 aliphatic rings. The van der Waals surface area contributed by atoms with Gasteiger partial charge in [0, 0.05) is 17.1 Å². The van der Waals surface area contributed by atoms with Crippen molar-refractivity contribution in [2.75, 3.05) is 27.2 Å². The van der Waals surface area contributed by atoms with E-state index in [4.69, 9.17) is 16.3 Å². The van der Waals surface area contributed by atoms with Crippen LogP contribution in [0.15, 0.2) is 42.5 Å². The highest BCUT2D eigenvalue weighted by Crippen LogP contribution is 2.24. The van der Waals surface area contributed by atoms with E-state index in [1.54, 1.807) is 0 Å². The van der Waals surface area contributed by atoms with Crippen molar-refractivity contribution in [3.63, 3.8) is 0 Å². The lowest BCUT2D eigenvalue weighted by molar-refractivity contribution is 0.301. The first-order valence-corrected chi connectivity index (χ1v) is 8.75. The molecular formula is C20H27ClN2O. The fraction of sp³-hybridized carbons (Fsp3) is 0.400. The van der Waals surface area contributed by atoms with Gasteiger partial charge in [-0.25, -0.2) is 0 Å². The van der Waals surface area contributed by atoms with Crippen LogP contribution in [0.25, 0.3) is 0 Å². The van der Waals surface area contributed by atoms with Crippen LogP contribution in [0.2, 0.25) is 5.02 Å². The maximum Gasteiger partial charge on any atom is 0.124 e. The lowest BCUT2D eigenvalue weighted by atomic mass is 10.1. The summed E-state index contributed by atoms with van der Waals surface area (Å²) in [5.74, 6) is 0.891. The zero-order chi connectivity index (χ0) is 17.4. The molecule has 0 fully saturated rings. The van der Waals surface area contributed by atoms with Crippen LogP contribution < -0.4 is 10.1 Å². The van der Waals surface area contributed by atoms with Crippen molar-refractivity contribution < 1.29 is 4.74 Å². The third-order valence-corrected chi connectivity index (χ3v) is 4.18. The molecule has 1 N–H and O–H groups in total. The van der Waals surface area contributed by atoms with Gasteiger partial charge < -0.3 is 15.0 Å². The smallest absolute Gasteiger partial charge is 0.124 e. The summed E-state index contributed by atoms with van der Waals surface area (Å²) in [6.07, 6.45) is 1.12. The summed E-state index contributed by atoms with van der Waals surface area (Å²) < 4.78 is 6.05. The fourth-order valence-electron chi connectivity index (χ4n) is 2.50. The molecule has 0 aliphatic heterocycles. The maximum absolute atomic E-state index is 6.15. The van der Waals surface area contributed by atoms with Crippen molar-refractivity contribution in [2.45, 2.75) is 26.5 Å². The SMILES string of the molecule is Cc1ccccc1COc1ccc(Cl)cc1CNCCCN(C)C. The first-order chi connectivity index (χ1) is 11.6. The van der Waals surface area contributed by atoms with E-state index in [1.807, 2.05) is 30.3 Å². The number of benzene rings is 2. The molecule has 4 heteroatoms. The van der Waals surface area contributed by atoms with Gasteiger partial charge in [-0.15, -0.1) is 0 Å². The van der Waals surface area contributed by atoms with E-state index in [0.29, 0.717) is 6.61 Å². The number of nitrogens with zero attached hydrogens (tertiary/aromatic N) is 1. The number of rotatable bonds is 9. The number of ether oxygens (including phenoxy) is 1. The number of hydrogen-bond acceptors (Lipinski definition) is 3. The van der Waals surface area contributed by atoms with Gasteiger partial charge in [0.05, 0.1) is 0 Å². The Hall–Kier alpha value is -1.55. The van der Waals surface area contributed by atoms with E-state index in [9.17, 15) is 0 Å². The normalized spacial score (nSPS) is 11.0. The van der Waals surface area contributed by atoms with E-state index >= 15 is 0 Å². The largest absolute Gasteiger partial charge is 0.489 e. The molecule has 0 radical (unpaired) electrons.